The van der Waals surface area contributed by atoms with Gasteiger partial charge in [-0.15, -0.1) is 0 Å². The summed E-state index contributed by atoms with van der Waals surface area (Å²) in [6.07, 6.45) is 0. The number of sulfonamides is 1. The first-order valence-corrected chi connectivity index (χ1v) is 8.66. The highest BCUT2D eigenvalue weighted by molar-refractivity contribution is 9.08. The van der Waals surface area contributed by atoms with Gasteiger partial charge in [0.15, 0.2) is 0 Å². The van der Waals surface area contributed by atoms with E-state index in [0.717, 1.165) is 5.56 Å². The highest BCUT2D eigenvalue weighted by Gasteiger charge is 2.10. The minimum atomic E-state index is -3.79. The normalized spacial score (nSPS) is 11.1. The molecule has 2 rings (SSSR count). The molecule has 110 valence electrons. The van der Waals surface area contributed by atoms with Crippen LogP contribution in [0, 0.1) is 0 Å². The second kappa shape index (κ2) is 6.38. The van der Waals surface area contributed by atoms with E-state index in [4.69, 9.17) is 5.14 Å². The summed E-state index contributed by atoms with van der Waals surface area (Å²) >= 11 is 3.33. The Labute approximate surface area is 131 Å². The Balaban J connectivity index is 2.19. The van der Waals surface area contributed by atoms with E-state index in [1.165, 1.54) is 18.2 Å². The maximum atomic E-state index is 12.1. The first-order chi connectivity index (χ1) is 9.90. The molecule has 0 fully saturated rings. The molecule has 0 bridgehead atoms. The SMILES string of the molecule is NS(=O)(=O)c1cccc(NC(=O)c2ccc(CBr)cc2)c1. The van der Waals surface area contributed by atoms with E-state index in [9.17, 15) is 13.2 Å². The molecule has 0 saturated carbocycles. The summed E-state index contributed by atoms with van der Waals surface area (Å²) in [7, 11) is -3.79. The van der Waals surface area contributed by atoms with Gasteiger partial charge in [0, 0.05) is 16.6 Å². The van der Waals surface area contributed by atoms with Gasteiger partial charge in [0.25, 0.3) is 5.91 Å². The lowest BCUT2D eigenvalue weighted by Crippen LogP contribution is -2.14. The second-order valence-electron chi connectivity index (χ2n) is 4.36. The number of nitrogens with one attached hydrogen (secondary N) is 1. The van der Waals surface area contributed by atoms with Gasteiger partial charge in [0.1, 0.15) is 0 Å². The summed E-state index contributed by atoms with van der Waals surface area (Å²) in [5.74, 6) is -0.317. The molecule has 0 aliphatic heterocycles. The predicted octanol–water partition coefficient (Wildman–Crippen LogP) is 2.48. The number of benzene rings is 2. The summed E-state index contributed by atoms with van der Waals surface area (Å²) in [6.45, 7) is 0. The zero-order valence-corrected chi connectivity index (χ0v) is 13.3. The van der Waals surface area contributed by atoms with E-state index >= 15 is 0 Å². The number of carbonyl (C=O) groups excluding carboxylic acids is 1. The van der Waals surface area contributed by atoms with E-state index in [-0.39, 0.29) is 10.8 Å². The summed E-state index contributed by atoms with van der Waals surface area (Å²) in [6, 6.07) is 12.9. The third-order valence-electron chi connectivity index (χ3n) is 2.79. The second-order valence-corrected chi connectivity index (χ2v) is 6.48. The van der Waals surface area contributed by atoms with Crippen LogP contribution in [-0.2, 0) is 15.4 Å². The molecule has 0 saturated heterocycles. The van der Waals surface area contributed by atoms with Crippen molar-refractivity contribution < 1.29 is 13.2 Å². The van der Waals surface area contributed by atoms with Crippen molar-refractivity contribution >= 4 is 37.5 Å². The predicted molar refractivity (Wildman–Crippen MR) is 84.8 cm³/mol. The Morgan fingerprint density at radius 2 is 1.81 bits per heavy atom. The van der Waals surface area contributed by atoms with Crippen LogP contribution < -0.4 is 10.5 Å². The average molecular weight is 369 g/mol. The van der Waals surface area contributed by atoms with Gasteiger partial charge < -0.3 is 5.32 Å². The number of primary sulfonamides is 1. The van der Waals surface area contributed by atoms with Crippen LogP contribution in [0.1, 0.15) is 15.9 Å². The van der Waals surface area contributed by atoms with Crippen molar-refractivity contribution in [3.63, 3.8) is 0 Å². The Morgan fingerprint density at radius 1 is 1.14 bits per heavy atom. The summed E-state index contributed by atoms with van der Waals surface area (Å²) in [5.41, 5.74) is 1.92. The Bertz CT molecular complexity index is 758. The molecular formula is C14H13BrN2O3S. The third-order valence-corrected chi connectivity index (χ3v) is 4.35. The van der Waals surface area contributed by atoms with Gasteiger partial charge >= 0.3 is 0 Å². The number of hydrogen-bond donors (Lipinski definition) is 2. The van der Waals surface area contributed by atoms with Gasteiger partial charge in [-0.1, -0.05) is 34.1 Å². The number of carbonyl (C=O) groups is 1. The Morgan fingerprint density at radius 3 is 2.38 bits per heavy atom. The molecule has 2 aromatic carbocycles. The first kappa shape index (κ1) is 15.7. The lowest BCUT2D eigenvalue weighted by Gasteiger charge is -2.07. The van der Waals surface area contributed by atoms with Crippen LogP contribution in [-0.4, -0.2) is 14.3 Å². The standard InChI is InChI=1S/C14H13BrN2O3S/c15-9-10-4-6-11(7-5-10)14(18)17-12-2-1-3-13(8-12)21(16,19)20/h1-8H,9H2,(H,17,18)(H2,16,19,20). The maximum absolute atomic E-state index is 12.1. The lowest BCUT2D eigenvalue weighted by atomic mass is 10.1. The lowest BCUT2D eigenvalue weighted by molar-refractivity contribution is 0.102. The van der Waals surface area contributed by atoms with E-state index in [1.807, 2.05) is 12.1 Å². The summed E-state index contributed by atoms with van der Waals surface area (Å²) < 4.78 is 22.5. The quantitative estimate of drug-likeness (QED) is 0.812. The van der Waals surface area contributed by atoms with Gasteiger partial charge in [0.05, 0.1) is 4.90 Å². The van der Waals surface area contributed by atoms with Crippen molar-refractivity contribution in [1.82, 2.24) is 0 Å². The maximum Gasteiger partial charge on any atom is 0.255 e. The number of nitrogens with two attached hydrogens (primary N) is 1. The zero-order valence-electron chi connectivity index (χ0n) is 10.9. The molecule has 0 aliphatic rings. The van der Waals surface area contributed by atoms with Crippen molar-refractivity contribution in [2.24, 2.45) is 5.14 Å². The highest BCUT2D eigenvalue weighted by atomic mass is 79.9. The molecule has 3 N–H and O–H groups in total. The monoisotopic (exact) mass is 368 g/mol. The fraction of sp³-hybridized carbons (Fsp3) is 0.0714. The largest absolute Gasteiger partial charge is 0.322 e. The molecular weight excluding hydrogens is 356 g/mol. The van der Waals surface area contributed by atoms with Gasteiger partial charge in [0.2, 0.25) is 10.0 Å². The summed E-state index contributed by atoms with van der Waals surface area (Å²) in [5, 5.41) is 8.41. The summed E-state index contributed by atoms with van der Waals surface area (Å²) in [4.78, 5) is 12.0. The van der Waals surface area contributed by atoms with Crippen LogP contribution in [0.3, 0.4) is 0 Å². The number of alkyl halides is 1. The third kappa shape index (κ3) is 4.13. The molecule has 21 heavy (non-hydrogen) atoms. The zero-order chi connectivity index (χ0) is 15.5. The molecule has 0 aromatic heterocycles. The van der Waals surface area contributed by atoms with Crippen LogP contribution in [0.25, 0.3) is 0 Å². The van der Waals surface area contributed by atoms with Crippen molar-refractivity contribution in [3.8, 4) is 0 Å². The van der Waals surface area contributed by atoms with Crippen molar-refractivity contribution in [2.75, 3.05) is 5.32 Å². The van der Waals surface area contributed by atoms with Gasteiger partial charge in [-0.2, -0.15) is 0 Å². The number of anilines is 1. The highest BCUT2D eigenvalue weighted by Crippen LogP contribution is 2.16. The molecule has 0 atom stereocenters. The average Bonchev–Trinajstić information content (AvgIpc) is 2.47. The molecule has 2 aromatic rings. The smallest absolute Gasteiger partial charge is 0.255 e. The van der Waals surface area contributed by atoms with E-state index in [2.05, 4.69) is 21.2 Å². The van der Waals surface area contributed by atoms with Crippen LogP contribution in [0.15, 0.2) is 53.4 Å². The van der Waals surface area contributed by atoms with E-state index in [0.29, 0.717) is 16.6 Å². The molecule has 0 radical (unpaired) electrons. The number of rotatable bonds is 4. The van der Waals surface area contributed by atoms with Gasteiger partial charge in [-0.05, 0) is 35.9 Å². The van der Waals surface area contributed by atoms with Crippen LogP contribution >= 0.6 is 15.9 Å². The molecule has 1 amide bonds. The number of halogens is 1. The van der Waals surface area contributed by atoms with Crippen molar-refractivity contribution in [3.05, 3.63) is 59.7 Å². The van der Waals surface area contributed by atoms with Gasteiger partial charge in [-0.25, -0.2) is 13.6 Å². The molecule has 0 aliphatic carbocycles. The van der Waals surface area contributed by atoms with Crippen molar-refractivity contribution in [2.45, 2.75) is 10.2 Å². The van der Waals surface area contributed by atoms with Crippen molar-refractivity contribution in [1.29, 1.82) is 0 Å². The topological polar surface area (TPSA) is 89.3 Å². The first-order valence-electron chi connectivity index (χ1n) is 5.99. The van der Waals surface area contributed by atoms with Crippen LogP contribution in [0.4, 0.5) is 5.69 Å². The molecule has 7 heteroatoms. The molecule has 5 nitrogen and oxygen atoms in total. The number of amides is 1. The fourth-order valence-corrected chi connectivity index (χ4v) is 2.63. The Hall–Kier alpha value is -1.70. The molecule has 0 spiro atoms. The van der Waals surface area contributed by atoms with E-state index in [1.54, 1.807) is 18.2 Å². The molecule has 0 heterocycles. The number of hydrogen-bond acceptors (Lipinski definition) is 3. The minimum Gasteiger partial charge on any atom is -0.322 e. The Kier molecular flexibility index (Phi) is 4.76. The molecule has 0 unspecified atom stereocenters. The van der Waals surface area contributed by atoms with E-state index < -0.39 is 10.0 Å². The fourth-order valence-electron chi connectivity index (χ4n) is 1.70. The van der Waals surface area contributed by atoms with Gasteiger partial charge in [-0.3, -0.25) is 4.79 Å². The van der Waals surface area contributed by atoms with Crippen LogP contribution in [0.2, 0.25) is 0 Å². The van der Waals surface area contributed by atoms with Crippen LogP contribution in [0.5, 0.6) is 0 Å². The minimum absolute atomic E-state index is 0.0464.